The van der Waals surface area contributed by atoms with Gasteiger partial charge in [0.2, 0.25) is 0 Å². The predicted molar refractivity (Wildman–Crippen MR) is 88.4 cm³/mol. The Morgan fingerprint density at radius 2 is 1.91 bits per heavy atom. The van der Waals surface area contributed by atoms with E-state index in [2.05, 4.69) is 0 Å². The van der Waals surface area contributed by atoms with Gasteiger partial charge >= 0.3 is 5.97 Å². The number of rotatable bonds is 6. The fraction of sp³-hybridized carbons (Fsp3) is 0.188. The molecule has 0 aliphatic rings. The number of benzene rings is 2. The van der Waals surface area contributed by atoms with E-state index in [9.17, 15) is 4.79 Å². The van der Waals surface area contributed by atoms with Crippen LogP contribution in [0, 0.1) is 0 Å². The molecule has 0 fully saturated rings. The van der Waals surface area contributed by atoms with Crippen LogP contribution in [0.3, 0.4) is 0 Å². The number of methoxy groups -OCH3 is 1. The molecule has 0 aliphatic heterocycles. The second-order valence-corrected chi connectivity index (χ2v) is 5.59. The molecule has 0 radical (unpaired) electrons. The van der Waals surface area contributed by atoms with Gasteiger partial charge in [0, 0.05) is 10.6 Å². The molecule has 2 rings (SSSR count). The number of carboxylic acids is 1. The first kappa shape index (κ1) is 17.4. The molecule has 0 bridgehead atoms. The van der Waals surface area contributed by atoms with Gasteiger partial charge < -0.3 is 20.3 Å². The molecule has 122 valence electrons. The summed E-state index contributed by atoms with van der Waals surface area (Å²) in [7, 11) is 1.52. The lowest BCUT2D eigenvalue weighted by atomic mass is 10.0. The van der Waals surface area contributed by atoms with Crippen LogP contribution in [0.15, 0.2) is 36.4 Å². The molecule has 0 heterocycles. The van der Waals surface area contributed by atoms with E-state index in [4.69, 9.17) is 43.5 Å². The average molecular weight is 356 g/mol. The smallest absolute Gasteiger partial charge is 0.325 e. The molecule has 23 heavy (non-hydrogen) atoms. The summed E-state index contributed by atoms with van der Waals surface area (Å²) in [5.41, 5.74) is 6.75. The van der Waals surface area contributed by atoms with Crippen LogP contribution < -0.4 is 15.2 Å². The first-order chi connectivity index (χ1) is 10.9. The number of aliphatic carboxylic acids is 1. The van der Waals surface area contributed by atoms with Gasteiger partial charge in [0.15, 0.2) is 0 Å². The van der Waals surface area contributed by atoms with Crippen molar-refractivity contribution >= 4 is 29.2 Å². The average Bonchev–Trinajstić information content (AvgIpc) is 2.53. The fourth-order valence-corrected chi connectivity index (χ4v) is 2.46. The molecule has 0 unspecified atom stereocenters. The molecule has 2 aromatic rings. The molecule has 7 heteroatoms. The molecule has 0 aliphatic carbocycles. The summed E-state index contributed by atoms with van der Waals surface area (Å²) in [5.74, 6) is -0.0785. The topological polar surface area (TPSA) is 81.8 Å². The van der Waals surface area contributed by atoms with Crippen molar-refractivity contribution in [2.45, 2.75) is 12.6 Å². The third-order valence-corrected chi connectivity index (χ3v) is 3.74. The lowest BCUT2D eigenvalue weighted by molar-refractivity contribution is -0.138. The first-order valence-corrected chi connectivity index (χ1v) is 7.41. The molecular weight excluding hydrogens is 341 g/mol. The van der Waals surface area contributed by atoms with Crippen LogP contribution in [-0.4, -0.2) is 18.2 Å². The van der Waals surface area contributed by atoms with Crippen LogP contribution in [0.1, 0.15) is 17.2 Å². The van der Waals surface area contributed by atoms with Gasteiger partial charge in [-0.1, -0.05) is 29.3 Å². The van der Waals surface area contributed by atoms with Crippen LogP contribution in [0.2, 0.25) is 10.0 Å². The maximum atomic E-state index is 11.0. The van der Waals surface area contributed by atoms with Crippen molar-refractivity contribution in [1.29, 1.82) is 0 Å². The van der Waals surface area contributed by atoms with Crippen LogP contribution in [0.25, 0.3) is 0 Å². The Morgan fingerprint density at radius 3 is 2.52 bits per heavy atom. The summed E-state index contributed by atoms with van der Waals surface area (Å²) in [6.45, 7) is 0.144. The second-order valence-electron chi connectivity index (χ2n) is 4.75. The quantitative estimate of drug-likeness (QED) is 0.825. The molecule has 5 nitrogen and oxygen atoms in total. The van der Waals surface area contributed by atoms with Crippen molar-refractivity contribution in [3.8, 4) is 11.5 Å². The number of halogens is 2. The van der Waals surface area contributed by atoms with Gasteiger partial charge in [0.25, 0.3) is 0 Å². The van der Waals surface area contributed by atoms with Gasteiger partial charge in [-0.2, -0.15) is 0 Å². The van der Waals surface area contributed by atoms with Gasteiger partial charge in [-0.25, -0.2) is 0 Å². The van der Waals surface area contributed by atoms with Crippen molar-refractivity contribution < 1.29 is 19.4 Å². The molecule has 0 spiro atoms. The van der Waals surface area contributed by atoms with E-state index in [1.54, 1.807) is 36.4 Å². The number of hydrogen-bond donors (Lipinski definition) is 2. The van der Waals surface area contributed by atoms with Crippen molar-refractivity contribution in [1.82, 2.24) is 0 Å². The van der Waals surface area contributed by atoms with Crippen LogP contribution >= 0.6 is 23.2 Å². The monoisotopic (exact) mass is 355 g/mol. The number of ether oxygens (including phenoxy) is 2. The summed E-state index contributed by atoms with van der Waals surface area (Å²) in [4.78, 5) is 11.0. The lowest BCUT2D eigenvalue weighted by Crippen LogP contribution is -2.20. The van der Waals surface area contributed by atoms with E-state index in [-0.39, 0.29) is 6.61 Å². The largest absolute Gasteiger partial charge is 0.496 e. The van der Waals surface area contributed by atoms with Crippen molar-refractivity contribution in [3.63, 3.8) is 0 Å². The van der Waals surface area contributed by atoms with E-state index in [1.807, 2.05) is 0 Å². The zero-order valence-corrected chi connectivity index (χ0v) is 13.8. The summed E-state index contributed by atoms with van der Waals surface area (Å²) in [6, 6.07) is 8.68. The summed E-state index contributed by atoms with van der Waals surface area (Å²) in [5, 5.41) is 9.90. The van der Waals surface area contributed by atoms with Gasteiger partial charge in [0.05, 0.1) is 12.1 Å². The molecule has 2 aromatic carbocycles. The van der Waals surface area contributed by atoms with Crippen LogP contribution in [-0.2, 0) is 11.4 Å². The van der Waals surface area contributed by atoms with Gasteiger partial charge in [-0.05, 0) is 35.9 Å². The summed E-state index contributed by atoms with van der Waals surface area (Å²) < 4.78 is 10.9. The van der Waals surface area contributed by atoms with Crippen molar-refractivity contribution in [3.05, 3.63) is 57.6 Å². The molecule has 3 N–H and O–H groups in total. The molecule has 0 amide bonds. The maximum Gasteiger partial charge on any atom is 0.325 e. The normalized spacial score (nSPS) is 11.8. The summed E-state index contributed by atoms with van der Waals surface area (Å²) >= 11 is 11.9. The Kier molecular flexibility index (Phi) is 5.71. The zero-order chi connectivity index (χ0) is 17.0. The third kappa shape index (κ3) is 4.28. The lowest BCUT2D eigenvalue weighted by Gasteiger charge is -2.14. The van der Waals surface area contributed by atoms with Gasteiger partial charge in [0.1, 0.15) is 24.1 Å². The Balaban J connectivity index is 2.23. The second kappa shape index (κ2) is 7.55. The Labute approximate surface area is 143 Å². The molecule has 0 aromatic heterocycles. The predicted octanol–water partition coefficient (Wildman–Crippen LogP) is 3.67. The van der Waals surface area contributed by atoms with E-state index in [0.717, 1.165) is 0 Å². The standard InChI is InChI=1S/C16H15Cl2NO4/c1-22-13-4-2-9(15(19)16(20)21)6-10(13)8-23-14-5-3-11(17)7-12(14)18/h2-7,15H,8,19H2,1H3,(H,20,21)/t15-/m0/s1. The number of carboxylic acid groups (broad SMARTS) is 1. The molecule has 0 saturated carbocycles. The summed E-state index contributed by atoms with van der Waals surface area (Å²) in [6.07, 6.45) is 0. The van der Waals surface area contributed by atoms with Crippen LogP contribution in [0.5, 0.6) is 11.5 Å². The minimum atomic E-state index is -1.11. The molecule has 0 saturated heterocycles. The fourth-order valence-electron chi connectivity index (χ4n) is 2.00. The Morgan fingerprint density at radius 1 is 1.22 bits per heavy atom. The Bertz CT molecular complexity index is 721. The number of nitrogens with two attached hydrogens (primary N) is 1. The Hall–Kier alpha value is -1.95. The minimum absolute atomic E-state index is 0.144. The zero-order valence-electron chi connectivity index (χ0n) is 12.3. The van der Waals surface area contributed by atoms with Crippen molar-refractivity contribution in [2.75, 3.05) is 7.11 Å². The highest BCUT2D eigenvalue weighted by Gasteiger charge is 2.16. The number of carbonyl (C=O) groups is 1. The highest BCUT2D eigenvalue weighted by atomic mass is 35.5. The van der Waals surface area contributed by atoms with Gasteiger partial charge in [-0.15, -0.1) is 0 Å². The SMILES string of the molecule is COc1ccc([C@H](N)C(=O)O)cc1COc1ccc(Cl)cc1Cl. The van der Waals surface area contributed by atoms with Gasteiger partial charge in [-0.3, -0.25) is 4.79 Å². The minimum Gasteiger partial charge on any atom is -0.496 e. The highest BCUT2D eigenvalue weighted by Crippen LogP contribution is 2.30. The van der Waals surface area contributed by atoms with E-state index in [0.29, 0.717) is 32.7 Å². The van der Waals surface area contributed by atoms with Crippen LogP contribution in [0.4, 0.5) is 0 Å². The van der Waals surface area contributed by atoms with Crippen molar-refractivity contribution in [2.24, 2.45) is 5.73 Å². The third-order valence-electron chi connectivity index (χ3n) is 3.21. The molecular formula is C16H15Cl2NO4. The van der Waals surface area contributed by atoms with E-state index >= 15 is 0 Å². The maximum absolute atomic E-state index is 11.0. The van der Waals surface area contributed by atoms with E-state index < -0.39 is 12.0 Å². The highest BCUT2D eigenvalue weighted by molar-refractivity contribution is 6.35. The molecule has 1 atom stereocenters. The first-order valence-electron chi connectivity index (χ1n) is 6.65. The number of hydrogen-bond acceptors (Lipinski definition) is 4. The van der Waals surface area contributed by atoms with E-state index in [1.165, 1.54) is 7.11 Å².